The highest BCUT2D eigenvalue weighted by Crippen LogP contribution is 2.36. The van der Waals surface area contributed by atoms with Gasteiger partial charge in [0.1, 0.15) is 18.9 Å². The molecule has 0 spiro atoms. The molecule has 0 saturated carbocycles. The second-order valence-corrected chi connectivity index (χ2v) is 9.09. The maximum atomic E-state index is 12.5. The Labute approximate surface area is 203 Å². The van der Waals surface area contributed by atoms with Gasteiger partial charge in [0.05, 0.1) is 24.2 Å². The number of carbonyl (C=O) groups excluding carboxylic acids is 4. The van der Waals surface area contributed by atoms with E-state index in [9.17, 15) is 39.6 Å². The minimum absolute atomic E-state index is 0.214. The van der Waals surface area contributed by atoms with Crippen LogP contribution in [0.25, 0.3) is 0 Å². The number of aliphatic hydroxyl groups excluding tert-OH is 3. The van der Waals surface area contributed by atoms with Gasteiger partial charge in [-0.15, -0.1) is 0 Å². The predicted octanol–water partition coefficient (Wildman–Crippen LogP) is -3.20. The van der Waals surface area contributed by atoms with Gasteiger partial charge < -0.3 is 50.6 Å². The van der Waals surface area contributed by atoms with Crippen molar-refractivity contribution in [2.24, 2.45) is 17.6 Å². The molecule has 0 aromatic heterocycles. The van der Waals surface area contributed by atoms with E-state index >= 15 is 0 Å². The first kappa shape index (κ1) is 30.7. The van der Waals surface area contributed by atoms with Crippen molar-refractivity contribution in [3.8, 4) is 0 Å². The molecule has 0 unspecified atom stereocenters. The SMILES string of the molecule is CC(=O)N[C@@H](O)[C@@H]1[C@H](C[C@H](O)COC(=O)[C@@H](N)C(C)C)O[C@](O)(C(=O)OCC(=O)N(C)C)C[C@@H]1O. The Balaban J connectivity index is 3.01. The number of hydrogen-bond donors (Lipinski definition) is 6. The van der Waals surface area contributed by atoms with Gasteiger partial charge in [-0.2, -0.15) is 0 Å². The van der Waals surface area contributed by atoms with E-state index in [1.54, 1.807) is 13.8 Å². The first-order chi connectivity index (χ1) is 16.1. The maximum absolute atomic E-state index is 12.5. The van der Waals surface area contributed by atoms with E-state index < -0.39 is 92.1 Å². The van der Waals surface area contributed by atoms with E-state index in [2.05, 4.69) is 5.32 Å². The minimum Gasteiger partial charge on any atom is -0.462 e. The van der Waals surface area contributed by atoms with E-state index in [1.165, 1.54) is 14.1 Å². The topological polar surface area (TPSA) is 218 Å². The molecule has 1 heterocycles. The van der Waals surface area contributed by atoms with E-state index in [-0.39, 0.29) is 5.92 Å². The Morgan fingerprint density at radius 3 is 2.31 bits per heavy atom. The molecule has 0 aliphatic carbocycles. The summed E-state index contributed by atoms with van der Waals surface area (Å²) >= 11 is 0. The first-order valence-corrected chi connectivity index (χ1v) is 11.1. The normalized spacial score (nSPS) is 26.9. The van der Waals surface area contributed by atoms with Crippen molar-refractivity contribution in [1.29, 1.82) is 0 Å². The third-order valence-corrected chi connectivity index (χ3v) is 5.48. The zero-order chi connectivity index (χ0) is 27.1. The van der Waals surface area contributed by atoms with Crippen molar-refractivity contribution in [2.75, 3.05) is 27.3 Å². The highest BCUT2D eigenvalue weighted by molar-refractivity contribution is 5.83. The van der Waals surface area contributed by atoms with E-state index in [1.807, 2.05) is 0 Å². The number of likely N-dealkylation sites (N-methyl/N-ethyl adjacent to an activating group) is 1. The zero-order valence-corrected chi connectivity index (χ0v) is 20.5. The molecule has 0 bridgehead atoms. The molecule has 14 nitrogen and oxygen atoms in total. The Hall–Kier alpha value is -2.36. The average molecular weight is 508 g/mol. The molecule has 1 aliphatic rings. The third kappa shape index (κ3) is 8.98. The van der Waals surface area contributed by atoms with Crippen LogP contribution in [-0.4, -0.2) is 113 Å². The molecule has 7 N–H and O–H groups in total. The summed E-state index contributed by atoms with van der Waals surface area (Å²) in [6, 6.07) is -0.922. The van der Waals surface area contributed by atoms with Gasteiger partial charge in [-0.05, 0) is 5.92 Å². The molecule has 1 rings (SSSR count). The molecule has 202 valence electrons. The fraction of sp³-hybridized carbons (Fsp3) is 0.810. The summed E-state index contributed by atoms with van der Waals surface area (Å²) in [4.78, 5) is 48.7. The van der Waals surface area contributed by atoms with E-state index in [0.717, 1.165) is 11.8 Å². The van der Waals surface area contributed by atoms with Gasteiger partial charge in [0.2, 0.25) is 5.91 Å². The van der Waals surface area contributed by atoms with Gasteiger partial charge >= 0.3 is 11.9 Å². The number of rotatable bonds is 11. The van der Waals surface area contributed by atoms with Crippen molar-refractivity contribution in [2.45, 2.75) is 70.0 Å². The third-order valence-electron chi connectivity index (χ3n) is 5.48. The number of nitrogens with two attached hydrogens (primary N) is 1. The number of esters is 2. The van der Waals surface area contributed by atoms with E-state index in [0.29, 0.717) is 0 Å². The number of carbonyl (C=O) groups is 4. The molecule has 35 heavy (non-hydrogen) atoms. The zero-order valence-electron chi connectivity index (χ0n) is 20.5. The predicted molar refractivity (Wildman–Crippen MR) is 118 cm³/mol. The Morgan fingerprint density at radius 1 is 1.20 bits per heavy atom. The molecule has 2 amide bonds. The van der Waals surface area contributed by atoms with Gasteiger partial charge in [-0.3, -0.25) is 14.4 Å². The van der Waals surface area contributed by atoms with Crippen LogP contribution in [0.1, 0.15) is 33.6 Å². The molecule has 0 aromatic rings. The summed E-state index contributed by atoms with van der Waals surface area (Å²) in [6.07, 6.45) is -7.32. The summed E-state index contributed by atoms with van der Waals surface area (Å²) < 4.78 is 15.2. The molecule has 1 fully saturated rings. The van der Waals surface area contributed by atoms with Crippen molar-refractivity contribution in [3.63, 3.8) is 0 Å². The lowest BCUT2D eigenvalue weighted by molar-refractivity contribution is -0.299. The van der Waals surface area contributed by atoms with Gasteiger partial charge in [0.15, 0.2) is 6.61 Å². The van der Waals surface area contributed by atoms with E-state index in [4.69, 9.17) is 19.9 Å². The van der Waals surface area contributed by atoms with Gasteiger partial charge in [0, 0.05) is 33.9 Å². The number of amides is 2. The van der Waals surface area contributed by atoms with Crippen molar-refractivity contribution < 1.29 is 53.8 Å². The number of nitrogens with one attached hydrogen (secondary N) is 1. The van der Waals surface area contributed by atoms with Crippen LogP contribution in [0.4, 0.5) is 0 Å². The molecule has 1 saturated heterocycles. The van der Waals surface area contributed by atoms with Crippen LogP contribution in [-0.2, 0) is 33.4 Å². The van der Waals surface area contributed by atoms with Crippen LogP contribution in [0.15, 0.2) is 0 Å². The lowest BCUT2D eigenvalue weighted by atomic mass is 9.83. The number of nitrogens with zero attached hydrogens (tertiary/aromatic N) is 1. The van der Waals surface area contributed by atoms with Gasteiger partial charge in [0.25, 0.3) is 11.7 Å². The Kier molecular flexibility index (Phi) is 11.5. The summed E-state index contributed by atoms with van der Waals surface area (Å²) in [6.45, 7) is 3.30. The number of aliphatic hydroxyl groups is 4. The number of hydrogen-bond acceptors (Lipinski definition) is 12. The summed E-state index contributed by atoms with van der Waals surface area (Å²) in [5, 5.41) is 44.3. The van der Waals surface area contributed by atoms with Crippen molar-refractivity contribution >= 4 is 23.8 Å². The Morgan fingerprint density at radius 2 is 1.80 bits per heavy atom. The fourth-order valence-corrected chi connectivity index (χ4v) is 3.35. The summed E-state index contributed by atoms with van der Waals surface area (Å²) in [5.41, 5.74) is 5.70. The van der Waals surface area contributed by atoms with Crippen LogP contribution in [0.2, 0.25) is 0 Å². The second kappa shape index (κ2) is 13.1. The van der Waals surface area contributed by atoms with Crippen LogP contribution >= 0.6 is 0 Å². The van der Waals surface area contributed by atoms with Crippen molar-refractivity contribution in [3.05, 3.63) is 0 Å². The molecular weight excluding hydrogens is 470 g/mol. The fourth-order valence-electron chi connectivity index (χ4n) is 3.35. The van der Waals surface area contributed by atoms with Crippen LogP contribution in [0.3, 0.4) is 0 Å². The number of ether oxygens (including phenoxy) is 3. The largest absolute Gasteiger partial charge is 0.462 e. The van der Waals surface area contributed by atoms with Crippen LogP contribution in [0.5, 0.6) is 0 Å². The van der Waals surface area contributed by atoms with Crippen LogP contribution in [0, 0.1) is 11.8 Å². The van der Waals surface area contributed by atoms with Gasteiger partial charge in [-0.25, -0.2) is 4.79 Å². The standard InChI is InChI=1S/C21H37N3O11/c1-10(2)17(22)19(30)33-8-12(26)6-14-16(18(29)23-11(3)25)13(27)7-21(32,35-14)20(31)34-9-15(28)24(4)5/h10,12-14,16-18,26-27,29,32H,6-9,22H2,1-5H3,(H,23,25)/t12-,13-,14-,16-,17-,18-,21-/m0/s1. The maximum Gasteiger partial charge on any atom is 0.367 e. The highest BCUT2D eigenvalue weighted by atomic mass is 16.7. The quantitative estimate of drug-likeness (QED) is 0.120. The lowest BCUT2D eigenvalue weighted by Crippen LogP contribution is -2.61. The lowest BCUT2D eigenvalue weighted by Gasteiger charge is -2.45. The monoisotopic (exact) mass is 507 g/mol. The first-order valence-electron chi connectivity index (χ1n) is 11.1. The molecule has 1 aliphatic heterocycles. The highest BCUT2D eigenvalue weighted by Gasteiger charge is 2.54. The molecule has 0 radical (unpaired) electrons. The minimum atomic E-state index is -2.72. The average Bonchev–Trinajstić information content (AvgIpc) is 2.73. The molecule has 0 aromatic carbocycles. The van der Waals surface area contributed by atoms with Crippen LogP contribution < -0.4 is 11.1 Å². The Bertz CT molecular complexity index is 763. The van der Waals surface area contributed by atoms with Crippen molar-refractivity contribution in [1.82, 2.24) is 10.2 Å². The van der Waals surface area contributed by atoms with Gasteiger partial charge in [-0.1, -0.05) is 13.8 Å². The summed E-state index contributed by atoms with van der Waals surface area (Å²) in [5.74, 6) is -7.57. The second-order valence-electron chi connectivity index (χ2n) is 9.09. The smallest absolute Gasteiger partial charge is 0.367 e. The summed E-state index contributed by atoms with van der Waals surface area (Å²) in [7, 11) is 2.86. The molecule has 14 heteroatoms. The molecule has 7 atom stereocenters. The molecular formula is C21H37N3O11.